The van der Waals surface area contributed by atoms with Gasteiger partial charge in [-0.05, 0) is 87.7 Å². The summed E-state index contributed by atoms with van der Waals surface area (Å²) in [6.45, 7) is 3.81. The molecule has 0 aliphatic heterocycles. The quantitative estimate of drug-likeness (QED) is 0.224. The van der Waals surface area contributed by atoms with E-state index in [-0.39, 0.29) is 17.5 Å². The molecule has 4 aromatic rings. The van der Waals surface area contributed by atoms with Crippen molar-refractivity contribution in [1.29, 1.82) is 0 Å². The first kappa shape index (κ1) is 25.1. The fourth-order valence-electron chi connectivity index (χ4n) is 3.38. The van der Waals surface area contributed by atoms with Crippen LogP contribution in [0.2, 0.25) is 0 Å². The van der Waals surface area contributed by atoms with E-state index in [2.05, 4.69) is 41.9 Å². The van der Waals surface area contributed by atoms with Crippen molar-refractivity contribution in [2.24, 2.45) is 5.10 Å². The van der Waals surface area contributed by atoms with Crippen LogP contribution in [0.15, 0.2) is 79.5 Å². The zero-order valence-electron chi connectivity index (χ0n) is 18.5. The predicted molar refractivity (Wildman–Crippen MR) is 137 cm³/mol. The van der Waals surface area contributed by atoms with Gasteiger partial charge in [-0.1, -0.05) is 24.3 Å². The second-order valence-electron chi connectivity index (χ2n) is 7.87. The van der Waals surface area contributed by atoms with Crippen molar-refractivity contribution < 1.29 is 17.9 Å². The van der Waals surface area contributed by atoms with Crippen molar-refractivity contribution in [3.63, 3.8) is 0 Å². The summed E-state index contributed by atoms with van der Waals surface area (Å²) < 4.78 is 48.1. The van der Waals surface area contributed by atoms with Gasteiger partial charge < -0.3 is 4.74 Å². The third kappa shape index (κ3) is 5.48. The summed E-state index contributed by atoms with van der Waals surface area (Å²) >= 11 is 6.95. The molecule has 0 aliphatic carbocycles. The number of fused-ring (bicyclic) bond motifs is 1. The molecule has 0 N–H and O–H groups in total. The van der Waals surface area contributed by atoms with Crippen molar-refractivity contribution in [3.8, 4) is 17.1 Å². The number of alkyl halides is 3. The van der Waals surface area contributed by atoms with E-state index in [4.69, 9.17) is 4.74 Å². The van der Waals surface area contributed by atoms with Crippen molar-refractivity contribution >= 4 is 49.0 Å². The molecule has 1 heterocycles. The van der Waals surface area contributed by atoms with E-state index in [0.717, 1.165) is 16.8 Å². The van der Waals surface area contributed by atoms with Crippen molar-refractivity contribution in [3.05, 3.63) is 91.1 Å². The monoisotopic (exact) mass is 607 g/mol. The van der Waals surface area contributed by atoms with Crippen LogP contribution in [0.25, 0.3) is 22.3 Å². The van der Waals surface area contributed by atoms with E-state index < -0.39 is 17.3 Å². The normalized spacial score (nSPS) is 12.1. The summed E-state index contributed by atoms with van der Waals surface area (Å²) in [6, 6.07) is 14.8. The summed E-state index contributed by atoms with van der Waals surface area (Å²) in [5.41, 5.74) is -0.256. The van der Waals surface area contributed by atoms with Gasteiger partial charge in [0, 0.05) is 5.56 Å². The first-order valence-corrected chi connectivity index (χ1v) is 12.0. The molecule has 0 spiro atoms. The van der Waals surface area contributed by atoms with E-state index in [1.54, 1.807) is 36.4 Å². The smallest absolute Gasteiger partial charge is 0.416 e. The highest BCUT2D eigenvalue weighted by Crippen LogP contribution is 2.35. The predicted octanol–water partition coefficient (Wildman–Crippen LogP) is 7.28. The van der Waals surface area contributed by atoms with Crippen molar-refractivity contribution in [1.82, 2.24) is 9.66 Å². The molecule has 0 atom stereocenters. The number of aromatic nitrogens is 2. The Kier molecular flexibility index (Phi) is 7.14. The van der Waals surface area contributed by atoms with Crippen molar-refractivity contribution in [2.75, 3.05) is 0 Å². The molecule has 180 valence electrons. The number of nitrogens with zero attached hydrogens (tertiary/aromatic N) is 3. The Bertz CT molecular complexity index is 1470. The Hall–Kier alpha value is -2.98. The first-order valence-electron chi connectivity index (χ1n) is 10.4. The molecule has 0 amide bonds. The lowest BCUT2D eigenvalue weighted by Crippen LogP contribution is -2.20. The Morgan fingerprint density at radius 2 is 1.71 bits per heavy atom. The van der Waals surface area contributed by atoms with Gasteiger partial charge in [0.15, 0.2) is 5.82 Å². The van der Waals surface area contributed by atoms with Gasteiger partial charge in [-0.15, -0.1) is 0 Å². The van der Waals surface area contributed by atoms with Gasteiger partial charge in [0.2, 0.25) is 0 Å². The SMILES string of the molecule is CC(C)Oc1c(Br)cc(C=Nn2c(-c3cccc(C(F)(F)F)c3)nc3ccccc3c2=O)cc1Br. The van der Waals surface area contributed by atoms with E-state index >= 15 is 0 Å². The summed E-state index contributed by atoms with van der Waals surface area (Å²) in [6.07, 6.45) is -3.15. The number of para-hydroxylation sites is 1. The highest BCUT2D eigenvalue weighted by Gasteiger charge is 2.31. The number of hydrogen-bond acceptors (Lipinski definition) is 4. The van der Waals surface area contributed by atoms with Gasteiger partial charge in [-0.25, -0.2) is 4.98 Å². The number of halogens is 5. The number of hydrogen-bond donors (Lipinski definition) is 0. The zero-order valence-corrected chi connectivity index (χ0v) is 21.6. The summed E-state index contributed by atoms with van der Waals surface area (Å²) in [5.74, 6) is 0.611. The number of rotatable bonds is 5. The third-order valence-corrected chi connectivity index (χ3v) is 6.08. The molecule has 0 fully saturated rings. The Morgan fingerprint density at radius 1 is 1.03 bits per heavy atom. The van der Waals surface area contributed by atoms with E-state index in [9.17, 15) is 18.0 Å². The zero-order chi connectivity index (χ0) is 25.3. The highest BCUT2D eigenvalue weighted by molar-refractivity contribution is 9.11. The summed E-state index contributed by atoms with van der Waals surface area (Å²) in [7, 11) is 0. The molecule has 0 unspecified atom stereocenters. The first-order chi connectivity index (χ1) is 16.5. The van der Waals surface area contributed by atoms with Crippen LogP contribution in [0.4, 0.5) is 13.2 Å². The molecule has 1 aromatic heterocycles. The average molecular weight is 609 g/mol. The van der Waals surface area contributed by atoms with Crippen LogP contribution in [-0.2, 0) is 6.18 Å². The van der Waals surface area contributed by atoms with Crippen LogP contribution < -0.4 is 10.3 Å². The minimum Gasteiger partial charge on any atom is -0.489 e. The molecular weight excluding hydrogens is 591 g/mol. The van der Waals surface area contributed by atoms with Gasteiger partial charge in [-0.3, -0.25) is 4.79 Å². The summed E-state index contributed by atoms with van der Waals surface area (Å²) in [4.78, 5) is 17.8. The van der Waals surface area contributed by atoms with Gasteiger partial charge in [0.1, 0.15) is 5.75 Å². The number of ether oxygens (including phenoxy) is 1. The maximum Gasteiger partial charge on any atom is 0.416 e. The van der Waals surface area contributed by atoms with Gasteiger partial charge in [-0.2, -0.15) is 22.9 Å². The van der Waals surface area contributed by atoms with Crippen LogP contribution in [-0.4, -0.2) is 22.0 Å². The molecule has 0 saturated heterocycles. The molecule has 3 aromatic carbocycles. The molecule has 0 saturated carbocycles. The lowest BCUT2D eigenvalue weighted by atomic mass is 10.1. The molecule has 35 heavy (non-hydrogen) atoms. The van der Waals surface area contributed by atoms with Gasteiger partial charge in [0.25, 0.3) is 5.56 Å². The van der Waals surface area contributed by atoms with Crippen molar-refractivity contribution in [2.45, 2.75) is 26.1 Å². The molecule has 10 heteroatoms. The Balaban J connectivity index is 1.87. The molecule has 0 radical (unpaired) electrons. The maximum absolute atomic E-state index is 13.3. The Morgan fingerprint density at radius 3 is 2.37 bits per heavy atom. The third-order valence-electron chi connectivity index (χ3n) is 4.90. The molecule has 5 nitrogen and oxygen atoms in total. The molecule has 0 bridgehead atoms. The van der Waals surface area contributed by atoms with Crippen LogP contribution in [0.3, 0.4) is 0 Å². The minimum atomic E-state index is -4.54. The average Bonchev–Trinajstić information content (AvgIpc) is 2.80. The molecular formula is C25H18Br2F3N3O2. The molecule has 4 rings (SSSR count). The fraction of sp³-hybridized carbons (Fsp3) is 0.160. The minimum absolute atomic E-state index is 0.00561. The van der Waals surface area contributed by atoms with Crippen LogP contribution in [0, 0.1) is 0 Å². The van der Waals surface area contributed by atoms with E-state index in [1.807, 2.05) is 13.8 Å². The second-order valence-corrected chi connectivity index (χ2v) is 9.58. The standard InChI is InChI=1S/C25H18Br2F3N3O2/c1-14(2)35-22-19(26)10-15(11-20(22)27)13-31-33-23(16-6-5-7-17(12-16)25(28,29)30)32-21-9-4-3-8-18(21)24(33)34/h3-14H,1-2H3. The topological polar surface area (TPSA) is 56.5 Å². The number of benzene rings is 3. The van der Waals surface area contributed by atoms with E-state index in [0.29, 0.717) is 31.2 Å². The largest absolute Gasteiger partial charge is 0.489 e. The maximum atomic E-state index is 13.3. The summed E-state index contributed by atoms with van der Waals surface area (Å²) in [5, 5.41) is 4.61. The Labute approximate surface area is 215 Å². The lowest BCUT2D eigenvalue weighted by molar-refractivity contribution is -0.137. The fourth-order valence-corrected chi connectivity index (χ4v) is 4.79. The molecule has 0 aliphatic rings. The van der Waals surface area contributed by atoms with Gasteiger partial charge >= 0.3 is 6.18 Å². The lowest BCUT2D eigenvalue weighted by Gasteiger charge is -2.14. The van der Waals surface area contributed by atoms with Crippen LogP contribution >= 0.6 is 31.9 Å². The van der Waals surface area contributed by atoms with E-state index in [1.165, 1.54) is 18.3 Å². The van der Waals surface area contributed by atoms with Gasteiger partial charge in [0.05, 0.1) is 37.7 Å². The highest BCUT2D eigenvalue weighted by atomic mass is 79.9. The second kappa shape index (κ2) is 9.94. The van der Waals surface area contributed by atoms with Crippen LogP contribution in [0.5, 0.6) is 5.75 Å². The van der Waals surface area contributed by atoms with Crippen LogP contribution in [0.1, 0.15) is 25.0 Å².